The van der Waals surface area contributed by atoms with Gasteiger partial charge in [-0.1, -0.05) is 18.1 Å². The van der Waals surface area contributed by atoms with E-state index >= 15 is 0 Å². The van der Waals surface area contributed by atoms with Gasteiger partial charge >= 0.3 is 0 Å². The third kappa shape index (κ3) is 3.47. The van der Waals surface area contributed by atoms with E-state index in [9.17, 15) is 25.1 Å². The third-order valence-corrected chi connectivity index (χ3v) is 2.84. The number of nitrogens with one attached hydrogen (secondary N) is 1. The highest BCUT2D eigenvalue weighted by atomic mass is 16.6. The van der Waals surface area contributed by atoms with E-state index in [1.165, 1.54) is 24.3 Å². The highest BCUT2D eigenvalue weighted by molar-refractivity contribution is 5.96. The zero-order valence-corrected chi connectivity index (χ0v) is 12.1. The normalized spacial score (nSPS) is 9.67. The smallest absolute Gasteiger partial charge is 0.274 e. The number of rotatable bonds is 4. The van der Waals surface area contributed by atoms with Gasteiger partial charge < -0.3 is 21.3 Å². The van der Waals surface area contributed by atoms with Crippen molar-refractivity contribution >= 4 is 11.6 Å². The maximum absolute atomic E-state index is 12.0. The number of amides is 1. The topological polar surface area (TPSA) is 164 Å². The third-order valence-electron chi connectivity index (χ3n) is 2.84. The Bertz CT molecular complexity index is 872. The second-order valence-electron chi connectivity index (χ2n) is 4.38. The molecule has 1 amide bonds. The van der Waals surface area contributed by atoms with Crippen molar-refractivity contribution in [3.05, 3.63) is 40.1 Å². The summed E-state index contributed by atoms with van der Waals surface area (Å²) < 4.78 is 0. The fourth-order valence-corrected chi connectivity index (χ4v) is 1.75. The molecular formula is C14H11N5O5. The van der Waals surface area contributed by atoms with E-state index in [0.29, 0.717) is 0 Å². The average molecular weight is 329 g/mol. The molecule has 24 heavy (non-hydrogen) atoms. The van der Waals surface area contributed by atoms with E-state index < -0.39 is 28.2 Å². The number of aromatic nitrogens is 2. The SMILES string of the molecule is NC#CCNC(=O)c1nc(-c2cccc([N+](=O)[O-])c2)nc(O)c1O. The van der Waals surface area contributed by atoms with Gasteiger partial charge in [-0.15, -0.1) is 0 Å². The first-order valence-corrected chi connectivity index (χ1v) is 6.45. The van der Waals surface area contributed by atoms with Crippen LogP contribution in [0.25, 0.3) is 11.4 Å². The van der Waals surface area contributed by atoms with Crippen molar-refractivity contribution in [1.82, 2.24) is 15.3 Å². The Morgan fingerprint density at radius 1 is 1.38 bits per heavy atom. The first-order chi connectivity index (χ1) is 11.4. The van der Waals surface area contributed by atoms with Crippen molar-refractivity contribution in [2.75, 3.05) is 6.54 Å². The summed E-state index contributed by atoms with van der Waals surface area (Å²) in [5.74, 6) is -0.249. The summed E-state index contributed by atoms with van der Waals surface area (Å²) in [6.07, 6.45) is 0. The van der Waals surface area contributed by atoms with Gasteiger partial charge in [0.15, 0.2) is 11.5 Å². The summed E-state index contributed by atoms with van der Waals surface area (Å²) in [4.78, 5) is 29.6. The first-order valence-electron chi connectivity index (χ1n) is 6.45. The summed E-state index contributed by atoms with van der Waals surface area (Å²) >= 11 is 0. The molecule has 0 aliphatic carbocycles. The Morgan fingerprint density at radius 3 is 2.79 bits per heavy atom. The maximum Gasteiger partial charge on any atom is 0.274 e. The van der Waals surface area contributed by atoms with Crippen LogP contribution >= 0.6 is 0 Å². The Hall–Kier alpha value is -3.87. The van der Waals surface area contributed by atoms with Crippen LogP contribution < -0.4 is 11.1 Å². The standard InChI is InChI=1S/C14H11N5O5/c15-5-2-6-16-13(21)10-11(20)14(22)18-12(17-10)8-3-1-4-9(7-8)19(23)24/h1,3-4,7,20H,6,15H2,(H,16,21)(H,17,18,22). The molecule has 0 fully saturated rings. The lowest BCUT2D eigenvalue weighted by Gasteiger charge is -2.07. The van der Waals surface area contributed by atoms with Gasteiger partial charge in [0.25, 0.3) is 17.5 Å². The molecular weight excluding hydrogens is 318 g/mol. The molecule has 2 rings (SSSR count). The maximum atomic E-state index is 12.0. The van der Waals surface area contributed by atoms with Gasteiger partial charge in [0.1, 0.15) is 0 Å². The van der Waals surface area contributed by atoms with Gasteiger partial charge in [-0.05, 0) is 0 Å². The number of carbonyl (C=O) groups is 1. The zero-order chi connectivity index (χ0) is 17.7. The van der Waals surface area contributed by atoms with Crippen LogP contribution in [0.4, 0.5) is 5.69 Å². The Kier molecular flexibility index (Phi) is 4.76. The number of benzene rings is 1. The molecule has 10 heteroatoms. The highest BCUT2D eigenvalue weighted by Gasteiger charge is 2.20. The van der Waals surface area contributed by atoms with Crippen LogP contribution in [0.1, 0.15) is 10.5 Å². The lowest BCUT2D eigenvalue weighted by atomic mass is 10.2. The van der Waals surface area contributed by atoms with Crippen molar-refractivity contribution in [2.24, 2.45) is 5.73 Å². The first kappa shape index (κ1) is 16.5. The minimum absolute atomic E-state index is 0.0916. The van der Waals surface area contributed by atoms with Crippen LogP contribution in [-0.2, 0) is 0 Å². The zero-order valence-electron chi connectivity index (χ0n) is 12.1. The van der Waals surface area contributed by atoms with Gasteiger partial charge in [0, 0.05) is 23.7 Å². The molecule has 0 aliphatic heterocycles. The molecule has 122 valence electrons. The Labute approximate surface area is 135 Å². The van der Waals surface area contributed by atoms with E-state index in [1.54, 1.807) is 0 Å². The molecule has 0 saturated carbocycles. The van der Waals surface area contributed by atoms with Crippen molar-refractivity contribution in [1.29, 1.82) is 0 Å². The quantitative estimate of drug-likeness (QED) is 0.265. The lowest BCUT2D eigenvalue weighted by Crippen LogP contribution is -2.25. The molecule has 0 saturated heterocycles. The molecule has 1 heterocycles. The predicted octanol–water partition coefficient (Wildman–Crippen LogP) is 0.112. The molecule has 1 aromatic heterocycles. The van der Waals surface area contributed by atoms with Crippen molar-refractivity contribution < 1.29 is 19.9 Å². The largest absolute Gasteiger partial charge is 0.501 e. The number of hydrogen-bond donors (Lipinski definition) is 4. The monoisotopic (exact) mass is 329 g/mol. The van der Waals surface area contributed by atoms with Gasteiger partial charge in [-0.2, -0.15) is 4.98 Å². The summed E-state index contributed by atoms with van der Waals surface area (Å²) in [7, 11) is 0. The fraction of sp³-hybridized carbons (Fsp3) is 0.0714. The molecule has 0 aliphatic rings. The van der Waals surface area contributed by atoms with Crippen molar-refractivity contribution in [3.63, 3.8) is 0 Å². The molecule has 0 unspecified atom stereocenters. The fourth-order valence-electron chi connectivity index (χ4n) is 1.75. The molecule has 0 spiro atoms. The number of carbonyl (C=O) groups excluding carboxylic acids is 1. The summed E-state index contributed by atoms with van der Waals surface area (Å²) in [5.41, 5.74) is 4.44. The Balaban J connectivity index is 2.45. The second kappa shape index (κ2) is 6.93. The number of nitro groups is 1. The van der Waals surface area contributed by atoms with Crippen molar-refractivity contribution in [3.8, 4) is 35.0 Å². The second-order valence-corrected chi connectivity index (χ2v) is 4.38. The highest BCUT2D eigenvalue weighted by Crippen LogP contribution is 2.29. The number of nitrogens with zero attached hydrogens (tertiary/aromatic N) is 3. The average Bonchev–Trinajstić information content (AvgIpc) is 2.57. The van der Waals surface area contributed by atoms with E-state index in [2.05, 4.69) is 27.2 Å². The molecule has 10 nitrogen and oxygen atoms in total. The number of aromatic hydroxyl groups is 2. The number of nitro benzene ring substituents is 1. The summed E-state index contributed by atoms with van der Waals surface area (Å²) in [6.45, 7) is -0.0916. The van der Waals surface area contributed by atoms with Crippen LogP contribution in [0.3, 0.4) is 0 Å². The lowest BCUT2D eigenvalue weighted by molar-refractivity contribution is -0.384. The minimum atomic E-state index is -0.832. The number of non-ortho nitro benzene ring substituents is 1. The van der Waals surface area contributed by atoms with Gasteiger partial charge in [0.05, 0.1) is 11.5 Å². The number of nitrogens with two attached hydrogens (primary N) is 1. The van der Waals surface area contributed by atoms with Crippen LogP contribution in [-0.4, -0.2) is 37.6 Å². The van der Waals surface area contributed by atoms with Crippen LogP contribution in [0.5, 0.6) is 11.6 Å². The van der Waals surface area contributed by atoms with Crippen molar-refractivity contribution in [2.45, 2.75) is 0 Å². The molecule has 0 radical (unpaired) electrons. The van der Waals surface area contributed by atoms with Gasteiger partial charge in [-0.3, -0.25) is 14.9 Å². The molecule has 2 aromatic rings. The number of hydrogen-bond acceptors (Lipinski definition) is 8. The van der Waals surface area contributed by atoms with E-state index in [0.717, 1.165) is 0 Å². The Morgan fingerprint density at radius 2 is 2.12 bits per heavy atom. The van der Waals surface area contributed by atoms with Gasteiger partial charge in [-0.25, -0.2) is 4.98 Å². The molecule has 1 aromatic carbocycles. The van der Waals surface area contributed by atoms with E-state index in [-0.39, 0.29) is 23.6 Å². The van der Waals surface area contributed by atoms with Crippen LogP contribution in [0, 0.1) is 22.1 Å². The molecule has 5 N–H and O–H groups in total. The molecule has 0 bridgehead atoms. The predicted molar refractivity (Wildman–Crippen MR) is 81.7 cm³/mol. The van der Waals surface area contributed by atoms with Crippen LogP contribution in [0.2, 0.25) is 0 Å². The summed E-state index contributed by atoms with van der Waals surface area (Å²) in [5, 5.41) is 32.5. The van der Waals surface area contributed by atoms with Gasteiger partial charge in [0.2, 0.25) is 5.75 Å². The molecule has 0 atom stereocenters. The van der Waals surface area contributed by atoms with E-state index in [1.807, 2.05) is 0 Å². The minimum Gasteiger partial charge on any atom is -0.501 e. The van der Waals surface area contributed by atoms with Crippen LogP contribution in [0.15, 0.2) is 24.3 Å². The van der Waals surface area contributed by atoms with E-state index in [4.69, 9.17) is 5.73 Å². The summed E-state index contributed by atoms with van der Waals surface area (Å²) in [6, 6.07) is 7.38.